The first-order valence-electron chi connectivity index (χ1n) is 11.7. The monoisotopic (exact) mass is 572 g/mol. The Morgan fingerprint density at radius 1 is 1.17 bits per heavy atom. The third kappa shape index (κ3) is 6.57. The lowest BCUT2D eigenvalue weighted by Gasteiger charge is -2.40. The van der Waals surface area contributed by atoms with Crippen molar-refractivity contribution < 1.29 is 19.4 Å². The number of aliphatic carboxylic acids is 1. The Balaban J connectivity index is 1.74. The van der Waals surface area contributed by atoms with Gasteiger partial charge in [0.1, 0.15) is 27.8 Å². The van der Waals surface area contributed by atoms with Crippen molar-refractivity contribution in [2.75, 3.05) is 13.7 Å². The van der Waals surface area contributed by atoms with Gasteiger partial charge < -0.3 is 9.84 Å². The topological polar surface area (TPSA) is 95.0 Å². The van der Waals surface area contributed by atoms with Crippen molar-refractivity contribution in [1.82, 2.24) is 20.3 Å². The van der Waals surface area contributed by atoms with Crippen LogP contribution in [0.2, 0.25) is 0 Å². The highest BCUT2D eigenvalue weighted by Crippen LogP contribution is 2.32. The van der Waals surface area contributed by atoms with E-state index >= 15 is 0 Å². The number of carbonyl (C=O) groups excluding carboxylic acids is 1. The van der Waals surface area contributed by atoms with Crippen molar-refractivity contribution in [2.24, 2.45) is 0 Å². The van der Waals surface area contributed by atoms with E-state index in [4.69, 9.17) is 4.74 Å². The number of thiazole rings is 1. The first-order valence-corrected chi connectivity index (χ1v) is 13.4. The molecule has 4 rings (SSSR count). The van der Waals surface area contributed by atoms with Crippen molar-refractivity contribution in [3.05, 3.63) is 86.8 Å². The van der Waals surface area contributed by atoms with Crippen LogP contribution in [0.25, 0.3) is 0 Å². The average molecular weight is 574 g/mol. The van der Waals surface area contributed by atoms with Gasteiger partial charge in [-0.25, -0.2) is 10.4 Å². The Bertz CT molecular complexity index is 1110. The molecule has 36 heavy (non-hydrogen) atoms. The SMILES string of the molecule is COC(c1nc(Br)cs1)C(C(=O)N1CCC[C@@H](C(=O)O)N1)N(Cc1ccccc1)Cc1ccccc1. The van der Waals surface area contributed by atoms with E-state index in [-0.39, 0.29) is 5.91 Å². The van der Waals surface area contributed by atoms with Gasteiger partial charge in [0.15, 0.2) is 0 Å². The van der Waals surface area contributed by atoms with E-state index in [1.54, 1.807) is 7.11 Å². The van der Waals surface area contributed by atoms with Crippen molar-refractivity contribution in [3.8, 4) is 0 Å². The van der Waals surface area contributed by atoms with E-state index in [1.807, 2.05) is 66.0 Å². The number of amides is 1. The smallest absolute Gasteiger partial charge is 0.322 e. The highest BCUT2D eigenvalue weighted by molar-refractivity contribution is 9.10. The zero-order valence-electron chi connectivity index (χ0n) is 19.9. The predicted octanol–water partition coefficient (Wildman–Crippen LogP) is 4.24. The minimum atomic E-state index is -0.971. The fraction of sp³-hybridized carbons (Fsp3) is 0.346. The molecule has 2 N–H and O–H groups in total. The van der Waals surface area contributed by atoms with Crippen LogP contribution in [0.15, 0.2) is 70.6 Å². The number of carbonyl (C=O) groups is 2. The summed E-state index contributed by atoms with van der Waals surface area (Å²) in [6.45, 7) is 1.41. The second-order valence-corrected chi connectivity index (χ2v) is 10.3. The van der Waals surface area contributed by atoms with Gasteiger partial charge in [0.05, 0.1) is 0 Å². The van der Waals surface area contributed by atoms with Gasteiger partial charge in [-0.15, -0.1) is 11.3 Å². The molecule has 2 heterocycles. The molecule has 0 saturated carbocycles. The summed E-state index contributed by atoms with van der Waals surface area (Å²) in [4.78, 5) is 32.5. The maximum Gasteiger partial charge on any atom is 0.322 e. The normalized spacial score (nSPS) is 17.6. The molecule has 0 aliphatic carbocycles. The Hall–Kier alpha value is -2.63. The van der Waals surface area contributed by atoms with Gasteiger partial charge in [0, 0.05) is 32.1 Å². The molecular weight excluding hydrogens is 544 g/mol. The van der Waals surface area contributed by atoms with Gasteiger partial charge in [0.2, 0.25) is 0 Å². The summed E-state index contributed by atoms with van der Waals surface area (Å²) in [5.74, 6) is -1.22. The molecule has 1 saturated heterocycles. The van der Waals surface area contributed by atoms with E-state index in [1.165, 1.54) is 16.3 Å². The molecule has 1 fully saturated rings. The minimum absolute atomic E-state index is 0.244. The summed E-state index contributed by atoms with van der Waals surface area (Å²) >= 11 is 4.83. The van der Waals surface area contributed by atoms with Gasteiger partial charge in [-0.3, -0.25) is 19.5 Å². The van der Waals surface area contributed by atoms with Crippen LogP contribution in [-0.4, -0.2) is 57.6 Å². The van der Waals surface area contributed by atoms with Gasteiger partial charge >= 0.3 is 5.97 Å². The number of benzene rings is 2. The highest BCUT2D eigenvalue weighted by atomic mass is 79.9. The molecular formula is C26H29BrN4O4S. The fourth-order valence-corrected chi connectivity index (χ4v) is 5.78. The average Bonchev–Trinajstić information content (AvgIpc) is 3.33. The number of ether oxygens (including phenoxy) is 1. The maximum absolute atomic E-state index is 14.2. The first kappa shape index (κ1) is 26.4. The molecule has 8 nitrogen and oxygen atoms in total. The van der Waals surface area contributed by atoms with Crippen LogP contribution in [0.5, 0.6) is 0 Å². The summed E-state index contributed by atoms with van der Waals surface area (Å²) in [6.07, 6.45) is 0.405. The summed E-state index contributed by atoms with van der Waals surface area (Å²) < 4.78 is 6.62. The van der Waals surface area contributed by atoms with Crippen molar-refractivity contribution >= 4 is 39.1 Å². The lowest BCUT2D eigenvalue weighted by atomic mass is 10.0. The fourth-order valence-electron chi connectivity index (χ4n) is 4.41. The van der Waals surface area contributed by atoms with Gasteiger partial charge in [0.25, 0.3) is 5.91 Å². The molecule has 2 aromatic carbocycles. The van der Waals surface area contributed by atoms with Crippen LogP contribution in [-0.2, 0) is 27.4 Å². The second-order valence-electron chi connectivity index (χ2n) is 8.64. The van der Waals surface area contributed by atoms with Gasteiger partial charge in [-0.2, -0.15) is 0 Å². The lowest BCUT2D eigenvalue weighted by molar-refractivity contribution is -0.153. The Kier molecular flexibility index (Phi) is 9.22. The van der Waals surface area contributed by atoms with Crippen LogP contribution in [0.3, 0.4) is 0 Å². The van der Waals surface area contributed by atoms with E-state index in [2.05, 4.69) is 31.2 Å². The van der Waals surface area contributed by atoms with Crippen LogP contribution < -0.4 is 5.43 Å². The summed E-state index contributed by atoms with van der Waals surface area (Å²) in [6, 6.07) is 18.4. The largest absolute Gasteiger partial charge is 0.480 e. The van der Waals surface area contributed by atoms with Gasteiger partial charge in [-0.05, 0) is 39.9 Å². The van der Waals surface area contributed by atoms with E-state index in [0.29, 0.717) is 42.1 Å². The number of hydrogen-bond acceptors (Lipinski definition) is 7. The predicted molar refractivity (Wildman–Crippen MR) is 141 cm³/mol. The standard InChI is InChI=1S/C26H29BrN4O4S/c1-35-23(24-28-21(27)17-36-24)22(25(32)31-14-8-13-20(29-31)26(33)34)30(15-18-9-4-2-5-10-18)16-19-11-6-3-7-12-19/h2-7,9-12,17,20,22-23,29H,8,13-16H2,1H3,(H,33,34)/t20-,22?,23?/m0/s1. The van der Waals surface area contributed by atoms with Crippen LogP contribution in [0.4, 0.5) is 0 Å². The Morgan fingerprint density at radius 3 is 2.28 bits per heavy atom. The Morgan fingerprint density at radius 2 is 1.78 bits per heavy atom. The van der Waals surface area contributed by atoms with Gasteiger partial charge in [-0.1, -0.05) is 60.7 Å². The molecule has 190 valence electrons. The Labute approximate surface area is 223 Å². The zero-order chi connectivity index (χ0) is 25.5. The molecule has 1 aliphatic rings. The first-order chi connectivity index (χ1) is 17.5. The zero-order valence-corrected chi connectivity index (χ0v) is 22.3. The molecule has 1 aliphatic heterocycles. The van der Waals surface area contributed by atoms with Crippen molar-refractivity contribution in [1.29, 1.82) is 0 Å². The summed E-state index contributed by atoms with van der Waals surface area (Å²) in [5, 5.41) is 13.5. The number of carboxylic acids is 1. The lowest BCUT2D eigenvalue weighted by Crippen LogP contribution is -2.60. The molecule has 0 spiro atoms. The molecule has 0 radical (unpaired) electrons. The summed E-state index contributed by atoms with van der Waals surface area (Å²) in [7, 11) is 1.58. The van der Waals surface area contributed by atoms with E-state index in [9.17, 15) is 14.7 Å². The van der Waals surface area contributed by atoms with Crippen LogP contribution >= 0.6 is 27.3 Å². The molecule has 3 atom stereocenters. The van der Waals surface area contributed by atoms with Crippen molar-refractivity contribution in [2.45, 2.75) is 44.1 Å². The van der Waals surface area contributed by atoms with E-state index < -0.39 is 24.2 Å². The third-order valence-electron chi connectivity index (χ3n) is 6.13. The van der Waals surface area contributed by atoms with Crippen LogP contribution in [0, 0.1) is 0 Å². The summed E-state index contributed by atoms with van der Waals surface area (Å²) in [5.41, 5.74) is 5.03. The molecule has 1 aromatic heterocycles. The molecule has 0 bridgehead atoms. The van der Waals surface area contributed by atoms with Crippen LogP contribution in [0.1, 0.15) is 35.1 Å². The number of aromatic nitrogens is 1. The number of halogens is 1. The third-order valence-corrected chi connectivity index (χ3v) is 7.75. The highest BCUT2D eigenvalue weighted by Gasteiger charge is 2.41. The number of nitrogens with zero attached hydrogens (tertiary/aromatic N) is 3. The minimum Gasteiger partial charge on any atom is -0.480 e. The number of hydrazine groups is 1. The number of nitrogens with one attached hydrogen (secondary N) is 1. The second kappa shape index (κ2) is 12.6. The maximum atomic E-state index is 14.2. The van der Waals surface area contributed by atoms with E-state index in [0.717, 1.165) is 11.1 Å². The quantitative estimate of drug-likeness (QED) is 0.375. The number of methoxy groups -OCH3 is 1. The molecule has 1 amide bonds. The number of rotatable bonds is 10. The number of carboxylic acid groups (broad SMARTS) is 1. The van der Waals surface area contributed by atoms with Crippen molar-refractivity contribution in [3.63, 3.8) is 0 Å². The molecule has 2 unspecified atom stereocenters. The molecule has 3 aromatic rings. The number of hydrogen-bond donors (Lipinski definition) is 2. The molecule has 10 heteroatoms.